The first kappa shape index (κ1) is 22.5. The number of carbonyl (C=O) groups is 2. The van der Waals surface area contributed by atoms with Crippen molar-refractivity contribution < 1.29 is 19.1 Å². The number of carbonyl (C=O) groups excluding carboxylic acids is 2. The van der Waals surface area contributed by atoms with E-state index in [9.17, 15) is 9.59 Å². The Morgan fingerprint density at radius 1 is 0.885 bits per heavy atom. The van der Waals surface area contributed by atoms with Gasteiger partial charge in [-0.2, -0.15) is 0 Å². The van der Waals surface area contributed by atoms with Gasteiger partial charge in [0.25, 0.3) is 0 Å². The van der Waals surface area contributed by atoms with E-state index in [1.54, 1.807) is 0 Å². The molecule has 1 aromatic carbocycles. The van der Waals surface area contributed by atoms with Crippen LogP contribution < -0.4 is 0 Å². The van der Waals surface area contributed by atoms with Crippen LogP contribution in [0.4, 0.5) is 0 Å². The Hall–Kier alpha value is -1.55. The molecule has 1 aromatic rings. The zero-order chi connectivity index (χ0) is 19.0. The van der Waals surface area contributed by atoms with Crippen molar-refractivity contribution >= 4 is 23.5 Å². The molecule has 4 nitrogen and oxygen atoms in total. The van der Waals surface area contributed by atoms with Crippen LogP contribution in [0.2, 0.25) is 5.02 Å². The lowest BCUT2D eigenvalue weighted by molar-refractivity contribution is -0.145. The first-order chi connectivity index (χ1) is 12.6. The van der Waals surface area contributed by atoms with Gasteiger partial charge in [0.05, 0.1) is 13.2 Å². The average molecular weight is 383 g/mol. The zero-order valence-corrected chi connectivity index (χ0v) is 16.6. The summed E-state index contributed by atoms with van der Waals surface area (Å²) in [7, 11) is 0. The lowest BCUT2D eigenvalue weighted by Gasteiger charge is -2.06. The summed E-state index contributed by atoms with van der Waals surface area (Å²) in [5.41, 5.74) is 1.03. The second-order valence-corrected chi connectivity index (χ2v) is 6.88. The quantitative estimate of drug-likeness (QED) is 0.315. The van der Waals surface area contributed by atoms with Crippen molar-refractivity contribution in [3.05, 3.63) is 34.9 Å². The SMILES string of the molecule is CCCCCCCCOC(=O)CCCC(=O)OCCc1cccc(Cl)c1. The van der Waals surface area contributed by atoms with E-state index in [2.05, 4.69) is 6.92 Å². The van der Waals surface area contributed by atoms with Crippen LogP contribution in [0.3, 0.4) is 0 Å². The van der Waals surface area contributed by atoms with Crippen LogP contribution >= 0.6 is 11.6 Å². The van der Waals surface area contributed by atoms with E-state index in [-0.39, 0.29) is 24.8 Å². The van der Waals surface area contributed by atoms with Crippen molar-refractivity contribution in [1.29, 1.82) is 0 Å². The molecule has 0 aromatic heterocycles. The van der Waals surface area contributed by atoms with Crippen LogP contribution in [0.1, 0.15) is 70.3 Å². The lowest BCUT2D eigenvalue weighted by Crippen LogP contribution is -2.10. The minimum Gasteiger partial charge on any atom is -0.466 e. The number of esters is 2. The van der Waals surface area contributed by atoms with Crippen LogP contribution in [0, 0.1) is 0 Å². The van der Waals surface area contributed by atoms with Crippen LogP contribution in [-0.2, 0) is 25.5 Å². The average Bonchev–Trinajstić information content (AvgIpc) is 2.61. The molecule has 0 heterocycles. The Balaban J connectivity index is 1.97. The Morgan fingerprint density at radius 3 is 2.23 bits per heavy atom. The smallest absolute Gasteiger partial charge is 0.305 e. The van der Waals surface area contributed by atoms with Gasteiger partial charge in [0.2, 0.25) is 0 Å². The molecule has 0 aliphatic rings. The van der Waals surface area contributed by atoms with Crippen molar-refractivity contribution in [3.63, 3.8) is 0 Å². The molecule has 0 radical (unpaired) electrons. The zero-order valence-electron chi connectivity index (χ0n) is 15.8. The maximum absolute atomic E-state index is 11.7. The third kappa shape index (κ3) is 11.9. The molecule has 146 valence electrons. The number of hydrogen-bond donors (Lipinski definition) is 0. The summed E-state index contributed by atoms with van der Waals surface area (Å²) >= 11 is 5.91. The monoisotopic (exact) mass is 382 g/mol. The van der Waals surface area contributed by atoms with Gasteiger partial charge in [-0.15, -0.1) is 0 Å². The van der Waals surface area contributed by atoms with Gasteiger partial charge in [-0.3, -0.25) is 9.59 Å². The van der Waals surface area contributed by atoms with Crippen molar-refractivity contribution in [2.24, 2.45) is 0 Å². The van der Waals surface area contributed by atoms with E-state index in [4.69, 9.17) is 21.1 Å². The van der Waals surface area contributed by atoms with E-state index < -0.39 is 0 Å². The van der Waals surface area contributed by atoms with Gasteiger partial charge in [0.1, 0.15) is 0 Å². The largest absolute Gasteiger partial charge is 0.466 e. The second-order valence-electron chi connectivity index (χ2n) is 6.44. The number of benzene rings is 1. The van der Waals surface area contributed by atoms with E-state index in [0.29, 0.717) is 31.1 Å². The van der Waals surface area contributed by atoms with Crippen molar-refractivity contribution in [2.45, 2.75) is 71.1 Å². The summed E-state index contributed by atoms with van der Waals surface area (Å²) in [6.45, 7) is 2.99. The fraction of sp³-hybridized carbons (Fsp3) is 0.619. The molecule has 0 aliphatic heterocycles. The molecule has 5 heteroatoms. The second kappa shape index (κ2) is 14.6. The van der Waals surface area contributed by atoms with Crippen LogP contribution in [0.15, 0.2) is 24.3 Å². The number of ether oxygens (including phenoxy) is 2. The van der Waals surface area contributed by atoms with Gasteiger partial charge in [-0.05, 0) is 30.5 Å². The predicted molar refractivity (Wildman–Crippen MR) is 104 cm³/mol. The molecule has 0 saturated carbocycles. The molecule has 0 atom stereocenters. The molecule has 0 aliphatic carbocycles. The van der Waals surface area contributed by atoms with E-state index in [0.717, 1.165) is 18.4 Å². The number of rotatable bonds is 14. The van der Waals surface area contributed by atoms with Gasteiger partial charge in [-0.1, -0.05) is 62.8 Å². The predicted octanol–water partition coefficient (Wildman–Crippen LogP) is 5.50. The summed E-state index contributed by atoms with van der Waals surface area (Å²) in [5, 5.41) is 0.674. The highest BCUT2D eigenvalue weighted by Gasteiger charge is 2.07. The molecular weight excluding hydrogens is 352 g/mol. The molecule has 0 spiro atoms. The Morgan fingerprint density at radius 2 is 1.54 bits per heavy atom. The highest BCUT2D eigenvalue weighted by atomic mass is 35.5. The lowest BCUT2D eigenvalue weighted by atomic mass is 10.1. The van der Waals surface area contributed by atoms with Crippen molar-refractivity contribution in [2.75, 3.05) is 13.2 Å². The summed E-state index contributed by atoms with van der Waals surface area (Å²) < 4.78 is 10.4. The molecule has 0 saturated heterocycles. The molecule has 0 bridgehead atoms. The molecule has 26 heavy (non-hydrogen) atoms. The fourth-order valence-corrected chi connectivity index (χ4v) is 2.78. The maximum Gasteiger partial charge on any atom is 0.305 e. The van der Waals surface area contributed by atoms with E-state index >= 15 is 0 Å². The van der Waals surface area contributed by atoms with Crippen molar-refractivity contribution in [3.8, 4) is 0 Å². The normalized spacial score (nSPS) is 10.5. The maximum atomic E-state index is 11.7. The van der Waals surface area contributed by atoms with Gasteiger partial charge in [0.15, 0.2) is 0 Å². The van der Waals surface area contributed by atoms with Gasteiger partial charge < -0.3 is 9.47 Å². The Bertz CT molecular complexity index is 530. The highest BCUT2D eigenvalue weighted by Crippen LogP contribution is 2.11. The number of hydrogen-bond acceptors (Lipinski definition) is 4. The minimum absolute atomic E-state index is 0.231. The van der Waals surface area contributed by atoms with Gasteiger partial charge in [-0.25, -0.2) is 0 Å². The molecular formula is C21H31ClO4. The van der Waals surface area contributed by atoms with Crippen LogP contribution in [-0.4, -0.2) is 25.2 Å². The molecule has 0 amide bonds. The summed E-state index contributed by atoms with van der Waals surface area (Å²) in [5.74, 6) is -0.513. The first-order valence-corrected chi connectivity index (χ1v) is 10.0. The van der Waals surface area contributed by atoms with Gasteiger partial charge in [0, 0.05) is 24.3 Å². The van der Waals surface area contributed by atoms with E-state index in [1.165, 1.54) is 25.7 Å². The highest BCUT2D eigenvalue weighted by molar-refractivity contribution is 6.30. The third-order valence-electron chi connectivity index (χ3n) is 4.07. The Labute approximate surface area is 162 Å². The number of halogens is 1. The Kier molecular flexibility index (Phi) is 12.6. The van der Waals surface area contributed by atoms with E-state index in [1.807, 2.05) is 24.3 Å². The topological polar surface area (TPSA) is 52.6 Å². The molecule has 1 rings (SSSR count). The summed E-state index contributed by atoms with van der Waals surface area (Å²) in [6, 6.07) is 7.48. The first-order valence-electron chi connectivity index (χ1n) is 9.67. The van der Waals surface area contributed by atoms with Crippen LogP contribution in [0.5, 0.6) is 0 Å². The molecule has 0 unspecified atom stereocenters. The number of unbranched alkanes of at least 4 members (excludes halogenated alkanes) is 5. The molecule has 0 fully saturated rings. The standard InChI is InChI=1S/C21H31ClO4/c1-2-3-4-5-6-7-15-25-20(23)12-9-13-21(24)26-16-14-18-10-8-11-19(22)17-18/h8,10-11,17H,2-7,9,12-16H2,1H3. The molecule has 0 N–H and O–H groups in total. The minimum atomic E-state index is -0.282. The summed E-state index contributed by atoms with van der Waals surface area (Å²) in [6.07, 6.45) is 8.58. The van der Waals surface area contributed by atoms with Crippen LogP contribution in [0.25, 0.3) is 0 Å². The van der Waals surface area contributed by atoms with Crippen molar-refractivity contribution in [1.82, 2.24) is 0 Å². The third-order valence-corrected chi connectivity index (χ3v) is 4.30. The summed E-state index contributed by atoms with van der Waals surface area (Å²) in [4.78, 5) is 23.3. The fourth-order valence-electron chi connectivity index (χ4n) is 2.56. The van der Waals surface area contributed by atoms with Gasteiger partial charge >= 0.3 is 11.9 Å².